The molecule has 1 fully saturated rings. The number of urea groups is 1. The summed E-state index contributed by atoms with van der Waals surface area (Å²) in [6.07, 6.45) is 5.41. The van der Waals surface area contributed by atoms with E-state index in [1.807, 2.05) is 0 Å². The first-order valence-corrected chi connectivity index (χ1v) is 8.44. The van der Waals surface area contributed by atoms with Gasteiger partial charge in [-0.25, -0.2) is 4.79 Å². The number of rotatable bonds is 7. The van der Waals surface area contributed by atoms with Gasteiger partial charge in [0.25, 0.3) is 0 Å². The average molecular weight is 367 g/mol. The lowest BCUT2D eigenvalue weighted by Gasteiger charge is -2.22. The fraction of sp³-hybridized carbons (Fsp3) is 0.444. The zero-order valence-corrected chi connectivity index (χ0v) is 15.2. The van der Waals surface area contributed by atoms with Gasteiger partial charge in [-0.05, 0) is 62.5 Å². The summed E-state index contributed by atoms with van der Waals surface area (Å²) in [5.74, 6) is 0.690. The molecule has 0 aromatic heterocycles. The summed E-state index contributed by atoms with van der Waals surface area (Å²) in [6, 6.07) is 6.80. The Hall–Kier alpha value is -2.05. The van der Waals surface area contributed by atoms with Crippen molar-refractivity contribution >= 4 is 35.7 Å². The van der Waals surface area contributed by atoms with Crippen LogP contribution in [0.5, 0.6) is 0 Å². The van der Waals surface area contributed by atoms with E-state index < -0.39 is 0 Å². The van der Waals surface area contributed by atoms with E-state index >= 15 is 0 Å². The third-order valence-corrected chi connectivity index (χ3v) is 4.07. The molecular weight excluding hydrogens is 340 g/mol. The number of nitrogens with one attached hydrogen (secondary N) is 4. The summed E-state index contributed by atoms with van der Waals surface area (Å²) >= 11 is 0. The molecule has 6 nitrogen and oxygen atoms in total. The van der Waals surface area contributed by atoms with Gasteiger partial charge in [0.05, 0.1) is 0 Å². The second-order valence-electron chi connectivity index (χ2n) is 5.98. The molecule has 1 aromatic rings. The van der Waals surface area contributed by atoms with Crippen molar-refractivity contribution in [3.05, 3.63) is 36.9 Å². The molecule has 0 atom stereocenters. The van der Waals surface area contributed by atoms with Crippen LogP contribution in [-0.4, -0.2) is 31.6 Å². The Balaban J connectivity index is 0.00000312. The van der Waals surface area contributed by atoms with Gasteiger partial charge in [0.1, 0.15) is 0 Å². The lowest BCUT2D eigenvalue weighted by atomic mass is 9.93. The van der Waals surface area contributed by atoms with Gasteiger partial charge in [-0.1, -0.05) is 6.08 Å². The molecule has 1 saturated heterocycles. The predicted octanol–water partition coefficient (Wildman–Crippen LogP) is 3.13. The first kappa shape index (κ1) is 21.0. The second-order valence-corrected chi connectivity index (χ2v) is 5.98. The van der Waals surface area contributed by atoms with Crippen molar-refractivity contribution < 1.29 is 9.59 Å². The largest absolute Gasteiger partial charge is 0.334 e. The minimum absolute atomic E-state index is 0. The molecule has 0 unspecified atom stereocenters. The second kappa shape index (κ2) is 11.5. The standard InChI is InChI=1S/C18H26N4O2.ClH/c1-2-11-20-18(24)22-16-6-4-15(5-7-16)21-17(23)8-3-14-9-12-19-13-10-14;/h2,4-7,14,19H,1,3,8-13H2,(H,21,23)(H2,20,22,24);1H. The summed E-state index contributed by atoms with van der Waals surface area (Å²) in [4.78, 5) is 23.5. The van der Waals surface area contributed by atoms with Crippen molar-refractivity contribution in [2.24, 2.45) is 5.92 Å². The van der Waals surface area contributed by atoms with E-state index in [0.717, 1.165) is 38.0 Å². The van der Waals surface area contributed by atoms with E-state index in [4.69, 9.17) is 0 Å². The number of carbonyl (C=O) groups excluding carboxylic acids is 2. The molecule has 1 aliphatic heterocycles. The summed E-state index contributed by atoms with van der Waals surface area (Å²) < 4.78 is 0. The lowest BCUT2D eigenvalue weighted by Crippen LogP contribution is -2.28. The first-order valence-electron chi connectivity index (χ1n) is 8.44. The molecule has 7 heteroatoms. The van der Waals surface area contributed by atoms with Crippen molar-refractivity contribution in [3.63, 3.8) is 0 Å². The maximum atomic E-state index is 12.0. The molecule has 1 heterocycles. The van der Waals surface area contributed by atoms with Crippen molar-refractivity contribution in [2.45, 2.75) is 25.7 Å². The quantitative estimate of drug-likeness (QED) is 0.559. The monoisotopic (exact) mass is 366 g/mol. The number of anilines is 2. The molecule has 0 spiro atoms. The molecule has 0 bridgehead atoms. The van der Waals surface area contributed by atoms with Crippen molar-refractivity contribution in [2.75, 3.05) is 30.3 Å². The first-order chi connectivity index (χ1) is 11.7. The Morgan fingerprint density at radius 3 is 2.32 bits per heavy atom. The molecule has 138 valence electrons. The predicted molar refractivity (Wildman–Crippen MR) is 104 cm³/mol. The van der Waals surface area contributed by atoms with Crippen LogP contribution in [0.3, 0.4) is 0 Å². The van der Waals surface area contributed by atoms with Gasteiger partial charge >= 0.3 is 6.03 Å². The van der Waals surface area contributed by atoms with Crippen LogP contribution < -0.4 is 21.3 Å². The van der Waals surface area contributed by atoms with Crippen LogP contribution >= 0.6 is 12.4 Å². The van der Waals surface area contributed by atoms with Crippen LogP contribution in [0.25, 0.3) is 0 Å². The number of carbonyl (C=O) groups is 2. The molecule has 2 rings (SSSR count). The van der Waals surface area contributed by atoms with Gasteiger partial charge < -0.3 is 21.3 Å². The van der Waals surface area contributed by atoms with Crippen molar-refractivity contribution in [1.29, 1.82) is 0 Å². The van der Waals surface area contributed by atoms with Crippen molar-refractivity contribution in [1.82, 2.24) is 10.6 Å². The molecular formula is C18H27ClN4O2. The highest BCUT2D eigenvalue weighted by Gasteiger charge is 2.14. The van der Waals surface area contributed by atoms with Crippen LogP contribution in [0, 0.1) is 5.92 Å². The van der Waals surface area contributed by atoms with Crippen LogP contribution in [0.2, 0.25) is 0 Å². The van der Waals surface area contributed by atoms with Crippen LogP contribution in [0.15, 0.2) is 36.9 Å². The Labute approximate surface area is 155 Å². The fourth-order valence-corrected chi connectivity index (χ4v) is 2.71. The van der Waals surface area contributed by atoms with E-state index in [-0.39, 0.29) is 24.3 Å². The van der Waals surface area contributed by atoms with Crippen LogP contribution in [0.1, 0.15) is 25.7 Å². The Morgan fingerprint density at radius 1 is 1.12 bits per heavy atom. The number of amides is 3. The molecule has 0 aliphatic carbocycles. The molecule has 3 amide bonds. The zero-order valence-electron chi connectivity index (χ0n) is 14.3. The van der Waals surface area contributed by atoms with E-state index in [9.17, 15) is 9.59 Å². The van der Waals surface area contributed by atoms with Gasteiger partial charge in [-0.15, -0.1) is 19.0 Å². The minimum atomic E-state index is -0.284. The highest BCUT2D eigenvalue weighted by molar-refractivity contribution is 5.92. The summed E-state index contributed by atoms with van der Waals surface area (Å²) in [6.45, 7) is 6.06. The number of hydrogen-bond acceptors (Lipinski definition) is 3. The normalized spacial score (nSPS) is 14.1. The van der Waals surface area contributed by atoms with Crippen molar-refractivity contribution in [3.8, 4) is 0 Å². The Kier molecular flexibility index (Phi) is 9.65. The average Bonchev–Trinajstić information content (AvgIpc) is 2.61. The molecule has 0 saturated carbocycles. The molecule has 25 heavy (non-hydrogen) atoms. The van der Waals surface area contributed by atoms with Crippen LogP contribution in [-0.2, 0) is 4.79 Å². The Morgan fingerprint density at radius 2 is 1.72 bits per heavy atom. The molecule has 1 aliphatic rings. The molecule has 1 aromatic carbocycles. The third kappa shape index (κ3) is 8.05. The van der Waals surface area contributed by atoms with Gasteiger partial charge in [-0.3, -0.25) is 4.79 Å². The number of benzene rings is 1. The van der Waals surface area contributed by atoms with E-state index in [2.05, 4.69) is 27.8 Å². The summed E-state index contributed by atoms with van der Waals surface area (Å²) in [5, 5.41) is 11.6. The highest BCUT2D eigenvalue weighted by Crippen LogP contribution is 2.19. The van der Waals surface area contributed by atoms with Gasteiger partial charge in [-0.2, -0.15) is 0 Å². The van der Waals surface area contributed by atoms with Gasteiger partial charge in [0.2, 0.25) is 5.91 Å². The third-order valence-electron chi connectivity index (χ3n) is 4.07. The summed E-state index contributed by atoms with van der Waals surface area (Å²) in [5.41, 5.74) is 1.41. The highest BCUT2D eigenvalue weighted by atomic mass is 35.5. The van der Waals surface area contributed by atoms with E-state index in [1.165, 1.54) is 0 Å². The minimum Gasteiger partial charge on any atom is -0.334 e. The zero-order chi connectivity index (χ0) is 17.2. The maximum absolute atomic E-state index is 12.0. The topological polar surface area (TPSA) is 82.3 Å². The number of piperidine rings is 1. The van der Waals surface area contributed by atoms with Gasteiger partial charge in [0.15, 0.2) is 0 Å². The lowest BCUT2D eigenvalue weighted by molar-refractivity contribution is -0.116. The van der Waals surface area contributed by atoms with Gasteiger partial charge in [0, 0.05) is 24.3 Å². The van der Waals surface area contributed by atoms with E-state index in [1.54, 1.807) is 30.3 Å². The number of hydrogen-bond donors (Lipinski definition) is 4. The molecule has 4 N–H and O–H groups in total. The van der Waals surface area contributed by atoms with E-state index in [0.29, 0.717) is 24.6 Å². The molecule has 0 radical (unpaired) electrons. The fourth-order valence-electron chi connectivity index (χ4n) is 2.71. The summed E-state index contributed by atoms with van der Waals surface area (Å²) in [7, 11) is 0. The SMILES string of the molecule is C=CCNC(=O)Nc1ccc(NC(=O)CCC2CCNCC2)cc1.Cl. The van der Waals surface area contributed by atoms with Crippen LogP contribution in [0.4, 0.5) is 16.2 Å². The number of halogens is 1. The maximum Gasteiger partial charge on any atom is 0.319 e. The Bertz CT molecular complexity index is 557. The smallest absolute Gasteiger partial charge is 0.319 e.